The van der Waals surface area contributed by atoms with Crippen LogP contribution in [0.25, 0.3) is 11.4 Å². The van der Waals surface area contributed by atoms with Gasteiger partial charge < -0.3 is 14.7 Å². The predicted molar refractivity (Wildman–Crippen MR) is 91.1 cm³/mol. The third kappa shape index (κ3) is 4.15. The molecule has 1 aromatic heterocycles. The first-order chi connectivity index (χ1) is 13.3. The van der Waals surface area contributed by atoms with Crippen LogP contribution in [-0.2, 0) is 9.59 Å². The lowest BCUT2D eigenvalue weighted by atomic mass is 10.1. The van der Waals surface area contributed by atoms with Gasteiger partial charge in [-0.1, -0.05) is 17.3 Å². The number of likely N-dealkylation sites (tertiary alicyclic amines) is 1. The van der Waals surface area contributed by atoms with Crippen LogP contribution in [0, 0.1) is 5.92 Å². The van der Waals surface area contributed by atoms with Crippen molar-refractivity contribution in [2.45, 2.75) is 31.4 Å². The van der Waals surface area contributed by atoms with Gasteiger partial charge in [0.05, 0.1) is 5.92 Å². The highest BCUT2D eigenvalue weighted by molar-refractivity contribution is 5.94. The van der Waals surface area contributed by atoms with E-state index in [0.29, 0.717) is 11.3 Å². The minimum atomic E-state index is -4.45. The third-order valence-corrected chi connectivity index (χ3v) is 4.71. The molecule has 28 heavy (non-hydrogen) atoms. The van der Waals surface area contributed by atoms with Crippen LogP contribution < -0.4 is 5.32 Å². The number of nitrogens with one attached hydrogen (secondary N) is 1. The summed E-state index contributed by atoms with van der Waals surface area (Å²) in [6.45, 7) is -1.40. The van der Waals surface area contributed by atoms with E-state index < -0.39 is 24.5 Å². The molecule has 2 heterocycles. The Morgan fingerprint density at radius 3 is 2.82 bits per heavy atom. The SMILES string of the molecule is O=C(Nc1cccc(-c2noc(C3CC(=O)N(CC(F)(F)F)C3)n2)c1)C1CC1. The van der Waals surface area contributed by atoms with Gasteiger partial charge in [0, 0.05) is 30.1 Å². The van der Waals surface area contributed by atoms with E-state index in [1.807, 2.05) is 0 Å². The monoisotopic (exact) mass is 394 g/mol. The van der Waals surface area contributed by atoms with E-state index in [9.17, 15) is 22.8 Å². The minimum Gasteiger partial charge on any atom is -0.339 e. The van der Waals surface area contributed by atoms with Crippen LogP contribution in [0.5, 0.6) is 0 Å². The smallest absolute Gasteiger partial charge is 0.339 e. The lowest BCUT2D eigenvalue weighted by molar-refractivity contribution is -0.157. The number of halogens is 3. The Bertz CT molecular complexity index is 907. The molecule has 2 aliphatic rings. The summed E-state index contributed by atoms with van der Waals surface area (Å²) in [7, 11) is 0. The Hall–Kier alpha value is -2.91. The molecule has 1 unspecified atom stereocenters. The van der Waals surface area contributed by atoms with Crippen molar-refractivity contribution in [1.29, 1.82) is 0 Å². The maximum atomic E-state index is 12.5. The standard InChI is InChI=1S/C18H17F3N4O3/c19-18(20,21)9-25-8-12(7-14(25)26)17-23-15(24-28-17)11-2-1-3-13(6-11)22-16(27)10-4-5-10/h1-3,6,10,12H,4-5,7-9H2,(H,22,27). The zero-order chi connectivity index (χ0) is 19.9. The van der Waals surface area contributed by atoms with Crippen LogP contribution >= 0.6 is 0 Å². The Balaban J connectivity index is 1.46. The Kier molecular flexibility index (Phi) is 4.56. The first-order valence-electron chi connectivity index (χ1n) is 8.88. The summed E-state index contributed by atoms with van der Waals surface area (Å²) in [6.07, 6.45) is -2.76. The number of hydrogen-bond donors (Lipinski definition) is 1. The number of carbonyl (C=O) groups is 2. The van der Waals surface area contributed by atoms with Gasteiger partial charge in [0.2, 0.25) is 23.5 Å². The van der Waals surface area contributed by atoms with Crippen molar-refractivity contribution in [3.63, 3.8) is 0 Å². The number of hydrogen-bond acceptors (Lipinski definition) is 5. The molecule has 2 amide bonds. The van der Waals surface area contributed by atoms with Gasteiger partial charge in [-0.25, -0.2) is 0 Å². The van der Waals surface area contributed by atoms with Crippen molar-refractivity contribution in [3.05, 3.63) is 30.2 Å². The molecule has 1 aliphatic carbocycles. The van der Waals surface area contributed by atoms with Gasteiger partial charge in [0.1, 0.15) is 6.54 Å². The lowest BCUT2D eigenvalue weighted by Crippen LogP contribution is -2.35. The van der Waals surface area contributed by atoms with Crippen LogP contribution in [-0.4, -0.2) is 46.1 Å². The highest BCUT2D eigenvalue weighted by Crippen LogP contribution is 2.32. The summed E-state index contributed by atoms with van der Waals surface area (Å²) in [5.74, 6) is -0.749. The number of anilines is 1. The Morgan fingerprint density at radius 1 is 1.32 bits per heavy atom. The fraction of sp³-hybridized carbons (Fsp3) is 0.444. The molecular formula is C18H17F3N4O3. The number of alkyl halides is 3. The van der Waals surface area contributed by atoms with Gasteiger partial charge in [-0.3, -0.25) is 9.59 Å². The number of amides is 2. The summed E-state index contributed by atoms with van der Waals surface area (Å²) in [5.41, 5.74) is 1.20. The molecule has 1 saturated heterocycles. The molecule has 7 nitrogen and oxygen atoms in total. The number of nitrogens with zero attached hydrogens (tertiary/aromatic N) is 3. The summed E-state index contributed by atoms with van der Waals surface area (Å²) in [4.78, 5) is 28.7. The van der Waals surface area contributed by atoms with Gasteiger partial charge >= 0.3 is 6.18 Å². The van der Waals surface area contributed by atoms with Crippen LogP contribution in [0.1, 0.15) is 31.1 Å². The van der Waals surface area contributed by atoms with E-state index in [2.05, 4.69) is 15.5 Å². The highest BCUT2D eigenvalue weighted by atomic mass is 19.4. The molecule has 1 aliphatic heterocycles. The largest absolute Gasteiger partial charge is 0.406 e. The van der Waals surface area contributed by atoms with Crippen molar-refractivity contribution in [2.75, 3.05) is 18.4 Å². The topological polar surface area (TPSA) is 88.3 Å². The zero-order valence-corrected chi connectivity index (χ0v) is 14.7. The zero-order valence-electron chi connectivity index (χ0n) is 14.7. The Morgan fingerprint density at radius 2 is 2.11 bits per heavy atom. The second kappa shape index (κ2) is 6.92. The molecule has 148 valence electrons. The van der Waals surface area contributed by atoms with Gasteiger partial charge in [-0.2, -0.15) is 18.2 Å². The average molecular weight is 394 g/mol. The fourth-order valence-electron chi connectivity index (χ4n) is 3.15. The second-order valence-electron chi connectivity index (χ2n) is 7.09. The van der Waals surface area contributed by atoms with Crippen molar-refractivity contribution in [2.24, 2.45) is 5.92 Å². The van der Waals surface area contributed by atoms with E-state index in [4.69, 9.17) is 4.52 Å². The van der Waals surface area contributed by atoms with Crippen LogP contribution in [0.2, 0.25) is 0 Å². The minimum absolute atomic E-state index is 0.0276. The molecule has 2 aromatic rings. The van der Waals surface area contributed by atoms with Crippen molar-refractivity contribution in [1.82, 2.24) is 15.0 Å². The molecule has 0 bridgehead atoms. The van der Waals surface area contributed by atoms with E-state index in [1.54, 1.807) is 24.3 Å². The third-order valence-electron chi connectivity index (χ3n) is 4.71. The van der Waals surface area contributed by atoms with Crippen LogP contribution in [0.3, 0.4) is 0 Å². The summed E-state index contributed by atoms with van der Waals surface area (Å²) in [6, 6.07) is 6.91. The predicted octanol–water partition coefficient (Wildman–Crippen LogP) is 2.96. The van der Waals surface area contributed by atoms with Crippen LogP contribution in [0.4, 0.5) is 18.9 Å². The lowest BCUT2D eigenvalue weighted by Gasteiger charge is -2.17. The number of aromatic nitrogens is 2. The van der Waals surface area contributed by atoms with Gasteiger partial charge in [0.15, 0.2) is 0 Å². The van der Waals surface area contributed by atoms with E-state index in [1.165, 1.54) is 0 Å². The molecule has 1 N–H and O–H groups in total. The second-order valence-corrected chi connectivity index (χ2v) is 7.09. The molecule has 2 fully saturated rings. The molecule has 0 radical (unpaired) electrons. The molecule has 1 saturated carbocycles. The first-order valence-corrected chi connectivity index (χ1v) is 8.88. The maximum absolute atomic E-state index is 12.5. The van der Waals surface area contributed by atoms with Crippen molar-refractivity contribution >= 4 is 17.5 Å². The average Bonchev–Trinajstić information content (AvgIpc) is 3.26. The first kappa shape index (κ1) is 18.5. The molecule has 10 heteroatoms. The van der Waals surface area contributed by atoms with E-state index in [0.717, 1.165) is 17.7 Å². The molecule has 1 aromatic carbocycles. The normalized spacial score (nSPS) is 19.9. The molecule has 0 spiro atoms. The summed E-state index contributed by atoms with van der Waals surface area (Å²) < 4.78 is 42.8. The molecule has 4 rings (SSSR count). The number of rotatable bonds is 5. The number of carbonyl (C=O) groups excluding carboxylic acids is 2. The van der Waals surface area contributed by atoms with Gasteiger partial charge in [-0.05, 0) is 25.0 Å². The fourth-order valence-corrected chi connectivity index (χ4v) is 3.15. The van der Waals surface area contributed by atoms with Gasteiger partial charge in [-0.15, -0.1) is 0 Å². The molecule has 1 atom stereocenters. The maximum Gasteiger partial charge on any atom is 0.406 e. The van der Waals surface area contributed by atoms with E-state index in [-0.39, 0.29) is 36.5 Å². The summed E-state index contributed by atoms with van der Waals surface area (Å²) >= 11 is 0. The van der Waals surface area contributed by atoms with E-state index >= 15 is 0 Å². The quantitative estimate of drug-likeness (QED) is 0.842. The van der Waals surface area contributed by atoms with Crippen molar-refractivity contribution in [3.8, 4) is 11.4 Å². The van der Waals surface area contributed by atoms with Crippen molar-refractivity contribution < 1.29 is 27.3 Å². The number of benzene rings is 1. The molecular weight excluding hydrogens is 377 g/mol. The van der Waals surface area contributed by atoms with Crippen LogP contribution in [0.15, 0.2) is 28.8 Å². The highest BCUT2D eigenvalue weighted by Gasteiger charge is 2.40. The Labute approximate surface area is 157 Å². The summed E-state index contributed by atoms with van der Waals surface area (Å²) in [5, 5.41) is 6.70. The van der Waals surface area contributed by atoms with Gasteiger partial charge in [0.25, 0.3) is 0 Å².